The Balaban J connectivity index is 1.65. The Morgan fingerprint density at radius 1 is 0.870 bits per heavy atom. The molecule has 5 nitrogen and oxygen atoms in total. The highest BCUT2D eigenvalue weighted by atomic mass is 28.4. The van der Waals surface area contributed by atoms with E-state index in [4.69, 9.17) is 13.6 Å². The fourth-order valence-electron chi connectivity index (χ4n) is 3.13. The van der Waals surface area contributed by atoms with Crippen molar-refractivity contribution in [3.8, 4) is 0 Å². The Labute approximate surface area is 142 Å². The topological polar surface area (TPSA) is 74.8 Å². The summed E-state index contributed by atoms with van der Waals surface area (Å²) in [6, 6.07) is 1.96. The molecule has 2 saturated heterocycles. The molecule has 7 heteroatoms. The molecular formula is C16H34O5Si2. The van der Waals surface area contributed by atoms with Crippen LogP contribution < -0.4 is 0 Å². The number of ether oxygens (including phenoxy) is 2. The summed E-state index contributed by atoms with van der Waals surface area (Å²) >= 11 is 0. The van der Waals surface area contributed by atoms with E-state index in [0.29, 0.717) is 12.2 Å². The van der Waals surface area contributed by atoms with Crippen LogP contribution in [-0.2, 0) is 13.6 Å². The van der Waals surface area contributed by atoms with Crippen molar-refractivity contribution in [3.05, 3.63) is 0 Å². The van der Waals surface area contributed by atoms with Crippen molar-refractivity contribution in [3.63, 3.8) is 0 Å². The van der Waals surface area contributed by atoms with Gasteiger partial charge in [0.1, 0.15) is 0 Å². The molecule has 2 N–H and O–H groups in total. The van der Waals surface area contributed by atoms with Gasteiger partial charge in [-0.05, 0) is 51.1 Å². The first-order valence-electron chi connectivity index (χ1n) is 8.95. The molecule has 2 heterocycles. The van der Waals surface area contributed by atoms with Gasteiger partial charge in [0.2, 0.25) is 0 Å². The molecule has 0 amide bonds. The Morgan fingerprint density at radius 3 is 1.52 bits per heavy atom. The smallest absolute Gasteiger partial charge is 0.173 e. The first-order valence-corrected chi connectivity index (χ1v) is 15.2. The molecule has 0 aromatic heterocycles. The molecule has 0 aliphatic carbocycles. The molecule has 4 atom stereocenters. The quantitative estimate of drug-likeness (QED) is 0.412. The SMILES string of the molecule is C[Si](C)(CCC(O)CC1CO1)O[Si](C)(C)CCC(O)CC1CO1. The minimum Gasteiger partial charge on any atom is -0.455 e. The van der Waals surface area contributed by atoms with Crippen LogP contribution in [0.4, 0.5) is 0 Å². The van der Waals surface area contributed by atoms with Gasteiger partial charge in [-0.25, -0.2) is 0 Å². The van der Waals surface area contributed by atoms with Gasteiger partial charge >= 0.3 is 0 Å². The van der Waals surface area contributed by atoms with Gasteiger partial charge in [-0.2, -0.15) is 0 Å². The van der Waals surface area contributed by atoms with Crippen LogP contribution in [0.2, 0.25) is 38.3 Å². The standard InChI is InChI=1S/C16H34O5Si2/c1-22(2,7-5-13(17)9-15-11-19-15)21-23(3,4)8-6-14(18)10-16-12-20-16/h13-18H,5-12H2,1-4H3. The van der Waals surface area contributed by atoms with Crippen LogP contribution in [0.5, 0.6) is 0 Å². The van der Waals surface area contributed by atoms with Gasteiger partial charge in [-0.1, -0.05) is 0 Å². The second kappa shape index (κ2) is 8.08. The van der Waals surface area contributed by atoms with Gasteiger partial charge in [-0.3, -0.25) is 0 Å². The summed E-state index contributed by atoms with van der Waals surface area (Å²) in [7, 11) is -3.54. The van der Waals surface area contributed by atoms with Crippen LogP contribution in [0, 0.1) is 0 Å². The molecule has 0 aromatic carbocycles. The van der Waals surface area contributed by atoms with E-state index >= 15 is 0 Å². The predicted octanol–water partition coefficient (Wildman–Crippen LogP) is 2.49. The van der Waals surface area contributed by atoms with E-state index in [2.05, 4.69) is 26.2 Å². The predicted molar refractivity (Wildman–Crippen MR) is 95.6 cm³/mol. The molecule has 0 radical (unpaired) electrons. The number of aliphatic hydroxyl groups excluding tert-OH is 2. The molecule has 2 rings (SSSR count). The average molecular weight is 363 g/mol. The van der Waals surface area contributed by atoms with E-state index in [-0.39, 0.29) is 12.2 Å². The lowest BCUT2D eigenvalue weighted by atomic mass is 10.2. The second-order valence-corrected chi connectivity index (χ2v) is 17.2. The third-order valence-corrected chi connectivity index (χ3v) is 12.0. The van der Waals surface area contributed by atoms with Crippen molar-refractivity contribution >= 4 is 16.6 Å². The monoisotopic (exact) mass is 362 g/mol. The lowest BCUT2D eigenvalue weighted by Crippen LogP contribution is -2.45. The number of epoxide rings is 2. The maximum absolute atomic E-state index is 10.0. The Kier molecular flexibility index (Phi) is 6.87. The van der Waals surface area contributed by atoms with Crippen molar-refractivity contribution in [2.24, 2.45) is 0 Å². The molecule has 4 unspecified atom stereocenters. The van der Waals surface area contributed by atoms with Gasteiger partial charge in [0.25, 0.3) is 0 Å². The second-order valence-electron chi connectivity index (χ2n) is 8.39. The molecular weight excluding hydrogens is 328 g/mol. The molecule has 23 heavy (non-hydrogen) atoms. The molecule has 0 spiro atoms. The van der Waals surface area contributed by atoms with Gasteiger partial charge in [0.15, 0.2) is 16.6 Å². The molecule has 136 valence electrons. The Hall–Kier alpha value is 0.234. The summed E-state index contributed by atoms with van der Waals surface area (Å²) in [4.78, 5) is 0. The zero-order valence-corrected chi connectivity index (χ0v) is 17.1. The molecule has 2 aliphatic heterocycles. The molecule has 2 fully saturated rings. The fraction of sp³-hybridized carbons (Fsp3) is 1.00. The summed E-state index contributed by atoms with van der Waals surface area (Å²) in [6.45, 7) is 10.6. The van der Waals surface area contributed by atoms with Gasteiger partial charge in [0.05, 0.1) is 37.6 Å². The largest absolute Gasteiger partial charge is 0.455 e. The fourth-order valence-corrected chi connectivity index (χ4v) is 12.0. The van der Waals surface area contributed by atoms with E-state index < -0.39 is 16.6 Å². The van der Waals surface area contributed by atoms with Crippen LogP contribution in [0.15, 0.2) is 0 Å². The first-order chi connectivity index (χ1) is 10.7. The average Bonchev–Trinajstić information content (AvgIpc) is 3.30. The minimum absolute atomic E-state index is 0.261. The van der Waals surface area contributed by atoms with Gasteiger partial charge in [0, 0.05) is 12.8 Å². The highest BCUT2D eigenvalue weighted by Crippen LogP contribution is 2.27. The van der Waals surface area contributed by atoms with Crippen LogP contribution in [0.25, 0.3) is 0 Å². The summed E-state index contributed by atoms with van der Waals surface area (Å²) in [5.74, 6) is 0. The molecule has 2 aliphatic rings. The van der Waals surface area contributed by atoms with E-state index in [1.807, 2.05) is 0 Å². The maximum Gasteiger partial charge on any atom is 0.173 e. The van der Waals surface area contributed by atoms with Crippen molar-refractivity contribution in [1.29, 1.82) is 0 Å². The van der Waals surface area contributed by atoms with E-state index in [1.54, 1.807) is 0 Å². The van der Waals surface area contributed by atoms with Crippen molar-refractivity contribution in [1.82, 2.24) is 0 Å². The van der Waals surface area contributed by atoms with Gasteiger partial charge < -0.3 is 23.8 Å². The Bertz CT molecular complexity index is 335. The number of aliphatic hydroxyl groups is 2. The number of rotatable bonds is 12. The van der Waals surface area contributed by atoms with Crippen LogP contribution in [0.3, 0.4) is 0 Å². The zero-order valence-electron chi connectivity index (χ0n) is 15.1. The van der Waals surface area contributed by atoms with Crippen molar-refractivity contribution in [2.75, 3.05) is 13.2 Å². The zero-order chi connectivity index (χ0) is 17.1. The van der Waals surface area contributed by atoms with E-state index in [9.17, 15) is 10.2 Å². The van der Waals surface area contributed by atoms with Crippen LogP contribution >= 0.6 is 0 Å². The van der Waals surface area contributed by atoms with Gasteiger partial charge in [-0.15, -0.1) is 0 Å². The third-order valence-electron chi connectivity index (χ3n) is 4.59. The third kappa shape index (κ3) is 8.76. The molecule has 0 saturated carbocycles. The summed E-state index contributed by atoms with van der Waals surface area (Å²) in [5, 5.41) is 20.1. The summed E-state index contributed by atoms with van der Waals surface area (Å²) in [6.07, 6.45) is 3.21. The van der Waals surface area contributed by atoms with Crippen LogP contribution in [-0.4, -0.2) is 64.5 Å². The Morgan fingerprint density at radius 2 is 1.22 bits per heavy atom. The lowest BCUT2D eigenvalue weighted by Gasteiger charge is -2.35. The summed E-state index contributed by atoms with van der Waals surface area (Å²) < 4.78 is 16.9. The molecule has 0 aromatic rings. The van der Waals surface area contributed by atoms with Crippen molar-refractivity contribution < 1.29 is 23.8 Å². The first kappa shape index (κ1) is 19.6. The van der Waals surface area contributed by atoms with E-state index in [1.165, 1.54) is 0 Å². The lowest BCUT2D eigenvalue weighted by molar-refractivity contribution is 0.146. The minimum atomic E-state index is -1.77. The molecule has 0 bridgehead atoms. The summed E-state index contributed by atoms with van der Waals surface area (Å²) in [5.41, 5.74) is 0. The number of hydrogen-bond donors (Lipinski definition) is 2. The highest BCUT2D eigenvalue weighted by molar-refractivity contribution is 6.84. The van der Waals surface area contributed by atoms with Crippen LogP contribution in [0.1, 0.15) is 25.7 Å². The maximum atomic E-state index is 10.0. The highest BCUT2D eigenvalue weighted by Gasteiger charge is 2.35. The number of hydrogen-bond acceptors (Lipinski definition) is 5. The van der Waals surface area contributed by atoms with Crippen molar-refractivity contribution in [2.45, 2.75) is 88.4 Å². The normalized spacial score (nSPS) is 26.9. The van der Waals surface area contributed by atoms with E-state index in [0.717, 1.165) is 51.0 Å².